The Kier molecular flexibility index (Phi) is 15.3. The summed E-state index contributed by atoms with van der Waals surface area (Å²) in [5.74, 6) is -84.6. The molecule has 0 fully saturated rings. The highest BCUT2D eigenvalue weighted by molar-refractivity contribution is 5.86. The molecule has 0 spiro atoms. The Morgan fingerprint density at radius 3 is 0.941 bits per heavy atom. The highest BCUT2D eigenvalue weighted by Gasteiger charge is 2.81. The van der Waals surface area contributed by atoms with Gasteiger partial charge in [-0.1, -0.05) is 72.8 Å². The molecule has 28 heteroatoms. The molecule has 0 saturated heterocycles. The van der Waals surface area contributed by atoms with Crippen LogP contribution in [0, 0.1) is 100.0 Å². The largest absolute Gasteiger partial charge is 0.497 e. The zero-order valence-electron chi connectivity index (χ0n) is 41.9. The number of methoxy groups -OCH3 is 1. The van der Waals surface area contributed by atoms with Crippen LogP contribution in [0.4, 0.5) is 105 Å². The molecule has 9 rings (SSSR count). The van der Waals surface area contributed by atoms with Crippen molar-refractivity contribution in [1.82, 2.24) is 0 Å². The molecule has 1 aliphatic carbocycles. The van der Waals surface area contributed by atoms with Crippen molar-refractivity contribution < 1.29 is 124 Å². The minimum absolute atomic E-state index is 0.366. The van der Waals surface area contributed by atoms with E-state index in [1.54, 1.807) is 48.5 Å². The smallest absolute Gasteiger partial charge is 0.381 e. The summed E-state index contributed by atoms with van der Waals surface area (Å²) < 4.78 is 377. The van der Waals surface area contributed by atoms with Crippen LogP contribution in [0.5, 0.6) is 28.7 Å². The summed E-state index contributed by atoms with van der Waals surface area (Å²) >= 11 is 0. The lowest BCUT2D eigenvalue weighted by atomic mass is 9.68. The Balaban J connectivity index is 0.963. The Bertz CT molecular complexity index is 3860. The van der Waals surface area contributed by atoms with Gasteiger partial charge in [0, 0.05) is 5.56 Å². The predicted octanol–water partition coefficient (Wildman–Crippen LogP) is 17.7. The second-order valence-electron chi connectivity index (χ2n) is 18.5. The maximum absolute atomic E-state index is 15.7. The van der Waals surface area contributed by atoms with E-state index in [1.165, 1.54) is 19.2 Å². The van der Waals surface area contributed by atoms with Crippen LogP contribution >= 0.6 is 0 Å². The molecule has 85 heavy (non-hydrogen) atoms. The molecule has 0 radical (unpaired) electrons. The van der Waals surface area contributed by atoms with E-state index in [0.717, 1.165) is 34.4 Å². The number of alkyl halides is 8. The molecule has 4 nitrogen and oxygen atoms in total. The maximum atomic E-state index is 15.7. The van der Waals surface area contributed by atoms with Crippen LogP contribution < -0.4 is 18.9 Å². The Hall–Kier alpha value is -8.72. The van der Waals surface area contributed by atoms with Gasteiger partial charge in [-0.2, -0.15) is 61.5 Å². The van der Waals surface area contributed by atoms with Crippen LogP contribution in [-0.4, -0.2) is 44.0 Å². The molecule has 1 aliphatic rings. The zero-order chi connectivity index (χ0) is 62.5. The van der Waals surface area contributed by atoms with Crippen LogP contribution in [0.2, 0.25) is 0 Å². The van der Waals surface area contributed by atoms with Crippen molar-refractivity contribution in [2.75, 3.05) is 20.3 Å². The average molecular weight is 1230 g/mol. The lowest BCUT2D eigenvalue weighted by molar-refractivity contribution is -0.372. The zero-order valence-corrected chi connectivity index (χ0v) is 41.9. The Morgan fingerprint density at radius 1 is 0.341 bits per heavy atom. The van der Waals surface area contributed by atoms with Crippen LogP contribution in [0.1, 0.15) is 27.8 Å². The highest BCUT2D eigenvalue weighted by atomic mass is 19.4. The van der Waals surface area contributed by atoms with Gasteiger partial charge >= 0.3 is 23.7 Å². The van der Waals surface area contributed by atoms with Crippen LogP contribution in [0.25, 0.3) is 33.4 Å². The van der Waals surface area contributed by atoms with Crippen molar-refractivity contribution in [3.8, 4) is 62.1 Å². The minimum atomic E-state index is -7.70. The summed E-state index contributed by atoms with van der Waals surface area (Å²) in [6.45, 7) is -7.09. The first-order valence-corrected chi connectivity index (χ1v) is 23.5. The molecule has 0 N–H and O–H groups in total. The molecule has 446 valence electrons. The van der Waals surface area contributed by atoms with E-state index in [-0.39, 0.29) is 0 Å². The summed E-state index contributed by atoms with van der Waals surface area (Å²) in [5.41, 5.74) is -8.83. The van der Waals surface area contributed by atoms with Gasteiger partial charge in [0.1, 0.15) is 11.5 Å². The molecule has 0 bridgehead atoms. The number of hydrogen-bond acceptors (Lipinski definition) is 4. The lowest BCUT2D eigenvalue weighted by Gasteiger charge is -2.36. The molecule has 0 atom stereocenters. The van der Waals surface area contributed by atoms with E-state index in [9.17, 15) is 70.2 Å². The Morgan fingerprint density at radius 2 is 0.624 bits per heavy atom. The topological polar surface area (TPSA) is 36.9 Å². The fourth-order valence-corrected chi connectivity index (χ4v) is 9.52. The molecular weight excluding hydrogens is 1200 g/mol. The standard InChI is InChI=1S/C57H26F24O4/c1-21-34(58)36(60)30(37(61)35(21)59)31-38(62)44(68)50(45(69)39(31)63)83-19-53(74,75)56(78,79)57(80,81)54(76,77)20-84-51-46(70)40(64)32(41(65)47(51)71)33-42(66)48(72)52(49(73)43(33)67)85-25-17-13-23(14-18-25)55(22-11-15-24(82-2)16-12-22)28-9-5-3-7-26(28)27-8-4-6-10-29(27)55/h3-18H,19-20H2,1-2H3. The number of halogens is 24. The third kappa shape index (κ3) is 9.14. The van der Waals surface area contributed by atoms with Crippen LogP contribution in [-0.2, 0) is 5.41 Å². The van der Waals surface area contributed by atoms with Crippen molar-refractivity contribution >= 4 is 0 Å². The van der Waals surface area contributed by atoms with Crippen molar-refractivity contribution in [2.45, 2.75) is 36.0 Å². The third-order valence-corrected chi connectivity index (χ3v) is 13.7. The molecule has 0 unspecified atom stereocenters. The molecular formula is C57H26F24O4. The van der Waals surface area contributed by atoms with Gasteiger partial charge in [0.05, 0.1) is 34.8 Å². The van der Waals surface area contributed by atoms with Gasteiger partial charge in [0.25, 0.3) is 0 Å². The monoisotopic (exact) mass is 1230 g/mol. The van der Waals surface area contributed by atoms with Gasteiger partial charge in [-0.15, -0.1) is 0 Å². The first kappa shape index (κ1) is 60.9. The molecule has 0 aliphatic heterocycles. The molecule has 8 aromatic rings. The van der Waals surface area contributed by atoms with Crippen molar-refractivity contribution in [3.63, 3.8) is 0 Å². The summed E-state index contributed by atoms with van der Waals surface area (Å²) in [4.78, 5) is 0. The normalized spacial score (nSPS) is 13.2. The number of hydrogen-bond donors (Lipinski definition) is 0. The second kappa shape index (κ2) is 21.4. The number of ether oxygens (including phenoxy) is 4. The van der Waals surface area contributed by atoms with Crippen molar-refractivity contribution in [3.05, 3.63) is 218 Å². The third-order valence-electron chi connectivity index (χ3n) is 13.7. The summed E-state index contributed by atoms with van der Waals surface area (Å²) in [6.07, 6.45) is 0. The van der Waals surface area contributed by atoms with E-state index < -0.39 is 186 Å². The number of benzene rings is 8. The summed E-state index contributed by atoms with van der Waals surface area (Å²) in [6, 6.07) is 26.5. The predicted molar refractivity (Wildman–Crippen MR) is 249 cm³/mol. The number of fused-ring (bicyclic) bond motifs is 3. The fourth-order valence-electron chi connectivity index (χ4n) is 9.52. The van der Waals surface area contributed by atoms with Crippen LogP contribution in [0.15, 0.2) is 97.1 Å². The van der Waals surface area contributed by atoms with Gasteiger partial charge in [0.15, 0.2) is 82.9 Å². The first-order chi connectivity index (χ1) is 39.7. The molecule has 8 aromatic carbocycles. The molecule has 0 saturated carbocycles. The van der Waals surface area contributed by atoms with E-state index >= 15 is 35.1 Å². The molecule has 0 amide bonds. The highest BCUT2D eigenvalue weighted by Crippen LogP contribution is 2.57. The van der Waals surface area contributed by atoms with E-state index in [0.29, 0.717) is 23.8 Å². The first-order valence-electron chi connectivity index (χ1n) is 23.5. The van der Waals surface area contributed by atoms with Gasteiger partial charge in [0.2, 0.25) is 40.7 Å². The van der Waals surface area contributed by atoms with Crippen molar-refractivity contribution in [2.24, 2.45) is 0 Å². The number of rotatable bonds is 16. The van der Waals surface area contributed by atoms with Gasteiger partial charge in [-0.3, -0.25) is 0 Å². The SMILES string of the molecule is COc1ccc(C2(c3ccc(Oc4c(F)c(F)c(-c5c(F)c(F)c(OCC(F)(F)C(F)(F)C(F)(F)C(F)(F)COc6c(F)c(F)c(-c7c(F)c(F)c(C)c(F)c7F)c(F)c6F)c(F)c5F)c(F)c4F)cc3)c3ccccc3-c3ccccc32)cc1. The molecule has 0 aromatic heterocycles. The molecule has 0 heterocycles. The maximum Gasteiger partial charge on any atom is 0.381 e. The van der Waals surface area contributed by atoms with E-state index in [2.05, 4.69) is 9.47 Å². The van der Waals surface area contributed by atoms with Crippen LogP contribution in [0.3, 0.4) is 0 Å². The summed E-state index contributed by atoms with van der Waals surface area (Å²) in [5, 5.41) is 0. The van der Waals surface area contributed by atoms with E-state index in [4.69, 9.17) is 9.47 Å². The summed E-state index contributed by atoms with van der Waals surface area (Å²) in [7, 11) is 1.44. The Labute approximate surface area is 460 Å². The van der Waals surface area contributed by atoms with Crippen molar-refractivity contribution in [1.29, 1.82) is 0 Å². The average Bonchev–Trinajstić information content (AvgIpc) is 1.69. The van der Waals surface area contributed by atoms with E-state index in [1.807, 2.05) is 24.3 Å². The lowest BCUT2D eigenvalue weighted by Crippen LogP contribution is -2.65. The van der Waals surface area contributed by atoms with Gasteiger partial charge in [-0.25, -0.2) is 43.9 Å². The van der Waals surface area contributed by atoms with Gasteiger partial charge < -0.3 is 18.9 Å². The fraction of sp³-hybridized carbons (Fsp3) is 0.158. The second-order valence-corrected chi connectivity index (χ2v) is 18.5. The minimum Gasteiger partial charge on any atom is -0.497 e. The quantitative estimate of drug-likeness (QED) is 0.0714. The van der Waals surface area contributed by atoms with Gasteiger partial charge in [-0.05, 0) is 64.6 Å².